The first kappa shape index (κ1) is 33.3. The van der Waals surface area contributed by atoms with Gasteiger partial charge in [-0.25, -0.2) is 14.8 Å². The van der Waals surface area contributed by atoms with E-state index in [4.69, 9.17) is 0 Å². The Labute approximate surface area is 272 Å². The van der Waals surface area contributed by atoms with Crippen LogP contribution in [0, 0.1) is 0 Å². The molecule has 10 nitrogen and oxygen atoms in total. The first-order chi connectivity index (χ1) is 22.4. The monoisotopic (exact) mass is 663 g/mol. The van der Waals surface area contributed by atoms with Crippen molar-refractivity contribution in [2.45, 2.75) is 19.6 Å². The molecule has 3 N–H and O–H groups in total. The van der Waals surface area contributed by atoms with E-state index in [0.717, 1.165) is 22.3 Å². The Morgan fingerprint density at radius 1 is 1.02 bits per heavy atom. The average Bonchev–Trinajstić information content (AvgIpc) is 3.54. The van der Waals surface area contributed by atoms with Crippen LogP contribution in [0.3, 0.4) is 0 Å². The van der Waals surface area contributed by atoms with Crippen LogP contribution in [-0.2, 0) is 12.7 Å². The van der Waals surface area contributed by atoms with E-state index < -0.39 is 29.2 Å². The molecule has 3 heterocycles. The molecule has 2 aromatic carbocycles. The summed E-state index contributed by atoms with van der Waals surface area (Å²) in [6, 6.07) is 15.4. The lowest BCUT2D eigenvalue weighted by atomic mass is 9.99. The lowest BCUT2D eigenvalue weighted by Crippen LogP contribution is -2.34. The lowest BCUT2D eigenvalue weighted by molar-refractivity contribution is -0.140. The fourth-order valence-corrected chi connectivity index (χ4v) is 5.75. The summed E-state index contributed by atoms with van der Waals surface area (Å²) in [4.78, 5) is 49.1. The number of amides is 3. The molecule has 14 heteroatoms. The predicted molar refractivity (Wildman–Crippen MR) is 177 cm³/mol. The molecule has 0 atom stereocenters. The van der Waals surface area contributed by atoms with Crippen molar-refractivity contribution >= 4 is 40.0 Å². The van der Waals surface area contributed by atoms with Crippen LogP contribution in [0.15, 0.2) is 77.2 Å². The number of nitrogens with one attached hydrogen (secondary N) is 3. The molecule has 5 rings (SSSR count). The average molecular weight is 664 g/mol. The minimum absolute atomic E-state index is 0.00876. The Bertz CT molecular complexity index is 1970. The molecule has 0 saturated carbocycles. The fourth-order valence-electron chi connectivity index (χ4n) is 4.90. The summed E-state index contributed by atoms with van der Waals surface area (Å²) < 4.78 is 42.3. The topological polar surface area (TPSA) is 121 Å². The number of pyridine rings is 2. The van der Waals surface area contributed by atoms with Gasteiger partial charge in [0.15, 0.2) is 5.69 Å². The predicted octanol–water partition coefficient (Wildman–Crippen LogP) is 5.69. The Morgan fingerprint density at radius 3 is 2.47 bits per heavy atom. The number of benzene rings is 2. The van der Waals surface area contributed by atoms with Gasteiger partial charge in [0.2, 0.25) is 5.43 Å². The van der Waals surface area contributed by atoms with E-state index in [1.807, 2.05) is 49.3 Å². The maximum absolute atomic E-state index is 13.6. The van der Waals surface area contributed by atoms with Gasteiger partial charge in [-0.3, -0.25) is 14.9 Å². The van der Waals surface area contributed by atoms with Crippen molar-refractivity contribution in [3.63, 3.8) is 0 Å². The maximum Gasteiger partial charge on any atom is 0.434 e. The third-order valence-corrected chi connectivity index (χ3v) is 8.06. The van der Waals surface area contributed by atoms with E-state index in [1.165, 1.54) is 18.5 Å². The van der Waals surface area contributed by atoms with E-state index in [-0.39, 0.29) is 16.4 Å². The van der Waals surface area contributed by atoms with E-state index in [1.54, 1.807) is 29.7 Å². The Kier molecular flexibility index (Phi) is 10.0. The maximum atomic E-state index is 13.6. The number of rotatable bonds is 10. The molecule has 47 heavy (non-hydrogen) atoms. The van der Waals surface area contributed by atoms with Crippen LogP contribution in [0.5, 0.6) is 0 Å². The molecule has 3 aromatic heterocycles. The Morgan fingerprint density at radius 2 is 1.79 bits per heavy atom. The number of nitrogens with zero attached hydrogens (tertiary/aromatic N) is 4. The number of aromatic nitrogens is 3. The second kappa shape index (κ2) is 14.1. The van der Waals surface area contributed by atoms with Gasteiger partial charge in [-0.2, -0.15) is 13.2 Å². The van der Waals surface area contributed by atoms with Crippen LogP contribution in [0.1, 0.15) is 28.5 Å². The van der Waals surface area contributed by atoms with E-state index in [9.17, 15) is 27.6 Å². The summed E-state index contributed by atoms with van der Waals surface area (Å²) >= 11 is 0.811. The molecular weight excluding hydrogens is 631 g/mol. The molecule has 0 unspecified atom stereocenters. The van der Waals surface area contributed by atoms with Crippen molar-refractivity contribution in [2.75, 3.05) is 39.0 Å². The first-order valence-corrected chi connectivity index (χ1v) is 15.5. The molecule has 0 spiro atoms. The smallest absolute Gasteiger partial charge is 0.351 e. The first-order valence-electron chi connectivity index (χ1n) is 14.7. The molecule has 0 aliphatic carbocycles. The summed E-state index contributed by atoms with van der Waals surface area (Å²) in [5, 5.41) is 9.28. The van der Waals surface area contributed by atoms with E-state index >= 15 is 0 Å². The molecule has 0 bridgehead atoms. The standard InChI is InChI=1S/C33H32F3N7O3S/c1-4-37-32(46)41-28-15-23(31-40-27(19-47-31)33(34,35)36)24(16-39-28)21-10-11-22-26(14-21)43(17-20-8-6-5-7-9-20)18-25(29(22)44)30(45)38-12-13-42(2)3/h5-11,14-16,18-19H,4,12-13,17H2,1-3H3,(H,38,45)(H2,37,39,41,46). The number of likely N-dealkylation sites (N-methyl/N-ethyl adjacent to an activating group) is 1. The molecular formula is C33H32F3N7O3S. The van der Waals surface area contributed by atoms with Crippen molar-refractivity contribution in [1.82, 2.24) is 30.1 Å². The van der Waals surface area contributed by atoms with Crippen LogP contribution in [0.4, 0.5) is 23.8 Å². The minimum Gasteiger partial charge on any atom is -0.351 e. The quantitative estimate of drug-likeness (QED) is 0.177. The Balaban J connectivity index is 1.65. The summed E-state index contributed by atoms with van der Waals surface area (Å²) in [6.07, 6.45) is -1.67. The van der Waals surface area contributed by atoms with Crippen molar-refractivity contribution in [3.05, 3.63) is 99.4 Å². The minimum atomic E-state index is -4.64. The van der Waals surface area contributed by atoms with Gasteiger partial charge in [0.05, 0.1) is 5.52 Å². The van der Waals surface area contributed by atoms with Gasteiger partial charge in [0.25, 0.3) is 5.91 Å². The highest BCUT2D eigenvalue weighted by atomic mass is 32.1. The number of anilines is 1. The van der Waals surface area contributed by atoms with Gasteiger partial charge >= 0.3 is 12.2 Å². The summed E-state index contributed by atoms with van der Waals surface area (Å²) in [5.74, 6) is -0.374. The number of carbonyl (C=O) groups excluding carboxylic acids is 2. The largest absolute Gasteiger partial charge is 0.434 e. The molecule has 244 valence electrons. The lowest BCUT2D eigenvalue weighted by Gasteiger charge is -2.16. The van der Waals surface area contributed by atoms with Crippen molar-refractivity contribution in [2.24, 2.45) is 0 Å². The van der Waals surface area contributed by atoms with Crippen molar-refractivity contribution in [3.8, 4) is 21.7 Å². The molecule has 0 aliphatic rings. The van der Waals surface area contributed by atoms with Gasteiger partial charge in [-0.05, 0) is 50.3 Å². The molecule has 3 amide bonds. The zero-order valence-corrected chi connectivity index (χ0v) is 26.6. The molecule has 0 aliphatic heterocycles. The second-order valence-electron chi connectivity index (χ2n) is 10.9. The molecule has 5 aromatic rings. The van der Waals surface area contributed by atoms with E-state index in [2.05, 4.69) is 25.9 Å². The van der Waals surface area contributed by atoms with Crippen LogP contribution in [0.25, 0.3) is 32.6 Å². The summed E-state index contributed by atoms with van der Waals surface area (Å²) in [5.41, 5.74) is 1.21. The van der Waals surface area contributed by atoms with Crippen molar-refractivity contribution < 1.29 is 22.8 Å². The van der Waals surface area contributed by atoms with Crippen LogP contribution in [-0.4, -0.2) is 65.1 Å². The van der Waals surface area contributed by atoms with Crippen LogP contribution < -0.4 is 21.4 Å². The number of fused-ring (bicyclic) bond motifs is 1. The molecule has 0 fully saturated rings. The number of alkyl halides is 3. The second-order valence-corrected chi connectivity index (χ2v) is 11.8. The number of carbonyl (C=O) groups is 2. The third kappa shape index (κ3) is 7.84. The fraction of sp³-hybridized carbons (Fsp3) is 0.242. The van der Waals surface area contributed by atoms with Gasteiger partial charge in [-0.15, -0.1) is 11.3 Å². The SMILES string of the molecule is CCNC(=O)Nc1cc(-c2nc(C(F)(F)F)cs2)c(-c2ccc3c(=O)c(C(=O)NCCN(C)C)cn(Cc4ccccc4)c3c2)cn1. The highest BCUT2D eigenvalue weighted by Crippen LogP contribution is 2.39. The van der Waals surface area contributed by atoms with Crippen LogP contribution >= 0.6 is 11.3 Å². The van der Waals surface area contributed by atoms with Crippen molar-refractivity contribution in [1.29, 1.82) is 0 Å². The number of thiazole rings is 1. The van der Waals surface area contributed by atoms with Gasteiger partial charge in [-0.1, -0.05) is 36.4 Å². The van der Waals surface area contributed by atoms with Crippen LogP contribution in [0.2, 0.25) is 0 Å². The zero-order chi connectivity index (χ0) is 33.7. The Hall–Kier alpha value is -5.08. The van der Waals surface area contributed by atoms with Gasteiger partial charge in [0.1, 0.15) is 16.4 Å². The number of hydrogen-bond donors (Lipinski definition) is 3. The van der Waals surface area contributed by atoms with Gasteiger partial charge < -0.3 is 20.1 Å². The van der Waals surface area contributed by atoms with E-state index in [0.29, 0.717) is 53.8 Å². The molecule has 0 saturated heterocycles. The summed E-state index contributed by atoms with van der Waals surface area (Å²) in [6.45, 7) is 3.39. The highest BCUT2D eigenvalue weighted by Gasteiger charge is 2.34. The zero-order valence-electron chi connectivity index (χ0n) is 25.8. The number of halogens is 3. The summed E-state index contributed by atoms with van der Waals surface area (Å²) in [7, 11) is 3.76. The third-order valence-electron chi connectivity index (χ3n) is 7.19. The molecule has 0 radical (unpaired) electrons. The van der Waals surface area contributed by atoms with Gasteiger partial charge in [0, 0.05) is 60.5 Å². The normalized spacial score (nSPS) is 11.6. The highest BCUT2D eigenvalue weighted by molar-refractivity contribution is 7.13. The number of urea groups is 1. The number of hydrogen-bond acceptors (Lipinski definition) is 7.